The highest BCUT2D eigenvalue weighted by Gasteiger charge is 2.25. The number of ketones is 1. The van der Waals surface area contributed by atoms with Crippen molar-refractivity contribution in [3.05, 3.63) is 35.9 Å². The summed E-state index contributed by atoms with van der Waals surface area (Å²) in [5.41, 5.74) is 0.557. The third-order valence-electron chi connectivity index (χ3n) is 3.47. The first-order valence-corrected chi connectivity index (χ1v) is 7.06. The van der Waals surface area contributed by atoms with Gasteiger partial charge in [-0.15, -0.1) is 0 Å². The van der Waals surface area contributed by atoms with Crippen LogP contribution in [0.25, 0.3) is 0 Å². The molecule has 2 atom stereocenters. The second-order valence-corrected chi connectivity index (χ2v) is 5.06. The van der Waals surface area contributed by atoms with Gasteiger partial charge in [-0.3, -0.25) is 9.59 Å². The molecular weight excluding hydrogens is 270 g/mol. The lowest BCUT2D eigenvalue weighted by atomic mass is 9.99. The Labute approximate surface area is 124 Å². The van der Waals surface area contributed by atoms with Crippen molar-refractivity contribution >= 4 is 17.7 Å². The number of carboxylic acids is 1. The Morgan fingerprint density at radius 1 is 1.14 bits per heavy atom. The SMILES string of the molecule is CCC(C)C(NC(=O)CCC(=O)c1ccccc1)C(=O)O. The average Bonchev–Trinajstić information content (AvgIpc) is 2.50. The maximum atomic E-state index is 11.9. The Hall–Kier alpha value is -2.17. The summed E-state index contributed by atoms with van der Waals surface area (Å²) in [5.74, 6) is -1.74. The molecule has 0 aliphatic carbocycles. The zero-order valence-electron chi connectivity index (χ0n) is 12.3. The third kappa shape index (κ3) is 5.38. The summed E-state index contributed by atoms with van der Waals surface area (Å²) in [7, 11) is 0. The molecule has 21 heavy (non-hydrogen) atoms. The van der Waals surface area contributed by atoms with Crippen molar-refractivity contribution < 1.29 is 19.5 Å². The monoisotopic (exact) mass is 291 g/mol. The molecule has 0 spiro atoms. The van der Waals surface area contributed by atoms with Crippen LogP contribution < -0.4 is 5.32 Å². The fourth-order valence-electron chi connectivity index (χ4n) is 1.92. The topological polar surface area (TPSA) is 83.5 Å². The maximum absolute atomic E-state index is 11.9. The van der Waals surface area contributed by atoms with Gasteiger partial charge in [0.1, 0.15) is 6.04 Å². The van der Waals surface area contributed by atoms with E-state index in [4.69, 9.17) is 5.11 Å². The maximum Gasteiger partial charge on any atom is 0.326 e. The predicted molar refractivity (Wildman–Crippen MR) is 79.0 cm³/mol. The minimum absolute atomic E-state index is 0.00601. The summed E-state index contributed by atoms with van der Waals surface area (Å²) >= 11 is 0. The largest absolute Gasteiger partial charge is 0.480 e. The number of rotatable bonds is 8. The molecule has 0 fully saturated rings. The molecule has 5 heteroatoms. The number of aliphatic carboxylic acids is 1. The van der Waals surface area contributed by atoms with Gasteiger partial charge in [-0.1, -0.05) is 50.6 Å². The molecule has 0 heterocycles. The Kier molecular flexibility index (Phi) is 6.59. The van der Waals surface area contributed by atoms with Gasteiger partial charge in [-0.25, -0.2) is 4.79 Å². The van der Waals surface area contributed by atoms with Crippen molar-refractivity contribution in [1.82, 2.24) is 5.32 Å². The van der Waals surface area contributed by atoms with Crippen LogP contribution in [-0.4, -0.2) is 28.8 Å². The van der Waals surface area contributed by atoms with Gasteiger partial charge in [0.05, 0.1) is 0 Å². The Balaban J connectivity index is 2.50. The van der Waals surface area contributed by atoms with Crippen molar-refractivity contribution in [2.24, 2.45) is 5.92 Å². The predicted octanol–water partition coefficient (Wildman–Crippen LogP) is 2.27. The first-order chi connectivity index (χ1) is 9.95. The highest BCUT2D eigenvalue weighted by molar-refractivity contribution is 5.98. The van der Waals surface area contributed by atoms with Gasteiger partial charge in [-0.05, 0) is 5.92 Å². The van der Waals surface area contributed by atoms with E-state index in [9.17, 15) is 14.4 Å². The van der Waals surface area contributed by atoms with E-state index in [0.717, 1.165) is 0 Å². The van der Waals surface area contributed by atoms with Crippen LogP contribution in [0, 0.1) is 5.92 Å². The van der Waals surface area contributed by atoms with Crippen molar-refractivity contribution in [3.63, 3.8) is 0 Å². The molecular formula is C16H21NO4. The molecule has 1 amide bonds. The number of amides is 1. The molecule has 0 aliphatic heterocycles. The van der Waals surface area contributed by atoms with Gasteiger partial charge in [0.25, 0.3) is 0 Å². The highest BCUT2D eigenvalue weighted by Crippen LogP contribution is 2.09. The van der Waals surface area contributed by atoms with Crippen molar-refractivity contribution in [3.8, 4) is 0 Å². The lowest BCUT2D eigenvalue weighted by Gasteiger charge is -2.20. The highest BCUT2D eigenvalue weighted by atomic mass is 16.4. The molecule has 1 aromatic carbocycles. The summed E-state index contributed by atoms with van der Waals surface area (Å²) in [4.78, 5) is 34.8. The molecule has 1 aromatic rings. The molecule has 1 rings (SSSR count). The summed E-state index contributed by atoms with van der Waals surface area (Å²) in [6.07, 6.45) is 0.719. The normalized spacial score (nSPS) is 13.2. The number of hydrogen-bond donors (Lipinski definition) is 2. The molecule has 0 saturated carbocycles. The van der Waals surface area contributed by atoms with Gasteiger partial charge >= 0.3 is 5.97 Å². The summed E-state index contributed by atoms with van der Waals surface area (Å²) in [6.45, 7) is 3.64. The minimum atomic E-state index is -1.05. The fraction of sp³-hybridized carbons (Fsp3) is 0.438. The molecule has 114 valence electrons. The lowest BCUT2D eigenvalue weighted by Crippen LogP contribution is -2.45. The Bertz CT molecular complexity index is 498. The second kappa shape index (κ2) is 8.19. The van der Waals surface area contributed by atoms with Crippen LogP contribution in [0.1, 0.15) is 43.5 Å². The number of hydrogen-bond acceptors (Lipinski definition) is 3. The molecule has 0 saturated heterocycles. The number of Topliss-reactive ketones (excluding diaryl/α,β-unsaturated/α-hetero) is 1. The zero-order valence-corrected chi connectivity index (χ0v) is 12.3. The van der Waals surface area contributed by atoms with Crippen LogP contribution >= 0.6 is 0 Å². The van der Waals surface area contributed by atoms with Gasteiger partial charge in [-0.2, -0.15) is 0 Å². The molecule has 2 unspecified atom stereocenters. The van der Waals surface area contributed by atoms with E-state index in [1.54, 1.807) is 31.2 Å². The van der Waals surface area contributed by atoms with Gasteiger partial charge < -0.3 is 10.4 Å². The number of carbonyl (C=O) groups excluding carboxylic acids is 2. The van der Waals surface area contributed by atoms with Crippen LogP contribution in [0.2, 0.25) is 0 Å². The molecule has 0 aliphatic rings. The molecule has 5 nitrogen and oxygen atoms in total. The van der Waals surface area contributed by atoms with Crippen LogP contribution in [0.4, 0.5) is 0 Å². The van der Waals surface area contributed by atoms with Gasteiger partial charge in [0.15, 0.2) is 5.78 Å². The van der Waals surface area contributed by atoms with E-state index < -0.39 is 17.9 Å². The Morgan fingerprint density at radius 3 is 2.29 bits per heavy atom. The molecule has 0 aromatic heterocycles. The van der Waals surface area contributed by atoms with E-state index in [2.05, 4.69) is 5.32 Å². The van der Waals surface area contributed by atoms with E-state index in [-0.39, 0.29) is 24.5 Å². The number of carboxylic acid groups (broad SMARTS) is 1. The molecule has 2 N–H and O–H groups in total. The standard InChI is InChI=1S/C16H21NO4/c1-3-11(2)15(16(20)21)17-14(19)10-9-13(18)12-7-5-4-6-8-12/h4-8,11,15H,3,9-10H2,1-2H3,(H,17,19)(H,20,21). The summed E-state index contributed by atoms with van der Waals surface area (Å²) < 4.78 is 0. The summed E-state index contributed by atoms with van der Waals surface area (Å²) in [5, 5.41) is 11.6. The van der Waals surface area contributed by atoms with Crippen LogP contribution in [0.15, 0.2) is 30.3 Å². The zero-order chi connectivity index (χ0) is 15.8. The van der Waals surface area contributed by atoms with Crippen LogP contribution in [0.3, 0.4) is 0 Å². The number of carbonyl (C=O) groups is 3. The van der Waals surface area contributed by atoms with Crippen molar-refractivity contribution in [1.29, 1.82) is 0 Å². The third-order valence-corrected chi connectivity index (χ3v) is 3.47. The molecule has 0 bridgehead atoms. The van der Waals surface area contributed by atoms with Crippen molar-refractivity contribution in [2.75, 3.05) is 0 Å². The Morgan fingerprint density at radius 2 is 1.76 bits per heavy atom. The first-order valence-electron chi connectivity index (χ1n) is 7.06. The number of nitrogens with one attached hydrogen (secondary N) is 1. The first kappa shape index (κ1) is 16.9. The quantitative estimate of drug-likeness (QED) is 0.720. The van der Waals surface area contributed by atoms with Crippen LogP contribution in [0.5, 0.6) is 0 Å². The number of benzene rings is 1. The molecule has 0 radical (unpaired) electrons. The summed E-state index contributed by atoms with van der Waals surface area (Å²) in [6, 6.07) is 7.81. The van der Waals surface area contributed by atoms with E-state index in [0.29, 0.717) is 12.0 Å². The van der Waals surface area contributed by atoms with Crippen molar-refractivity contribution in [2.45, 2.75) is 39.2 Å². The van der Waals surface area contributed by atoms with Gasteiger partial charge in [0, 0.05) is 18.4 Å². The van der Waals surface area contributed by atoms with E-state index in [1.165, 1.54) is 0 Å². The average molecular weight is 291 g/mol. The van der Waals surface area contributed by atoms with E-state index in [1.807, 2.05) is 13.0 Å². The van der Waals surface area contributed by atoms with E-state index >= 15 is 0 Å². The second-order valence-electron chi connectivity index (χ2n) is 5.06. The smallest absolute Gasteiger partial charge is 0.326 e. The van der Waals surface area contributed by atoms with Gasteiger partial charge in [0.2, 0.25) is 5.91 Å². The minimum Gasteiger partial charge on any atom is -0.480 e. The fourth-order valence-corrected chi connectivity index (χ4v) is 1.92. The lowest BCUT2D eigenvalue weighted by molar-refractivity contribution is -0.143. The van der Waals surface area contributed by atoms with Crippen LogP contribution in [-0.2, 0) is 9.59 Å².